The topological polar surface area (TPSA) is 75.8 Å². The molecule has 1 atom stereocenters. The van der Waals surface area contributed by atoms with Crippen molar-refractivity contribution in [2.75, 3.05) is 5.73 Å². The Morgan fingerprint density at radius 3 is 3.12 bits per heavy atom. The first-order chi connectivity index (χ1) is 7.72. The highest BCUT2D eigenvalue weighted by Crippen LogP contribution is 2.28. The summed E-state index contributed by atoms with van der Waals surface area (Å²) >= 11 is 1.34. The van der Waals surface area contributed by atoms with Crippen LogP contribution < -0.4 is 5.73 Å². The first kappa shape index (κ1) is 10.8. The van der Waals surface area contributed by atoms with Gasteiger partial charge >= 0.3 is 0 Å². The number of aromatic nitrogens is 1. The van der Waals surface area contributed by atoms with Crippen molar-refractivity contribution in [1.82, 2.24) is 4.98 Å². The molecule has 0 spiro atoms. The second-order valence-electron chi connectivity index (χ2n) is 3.35. The molecule has 1 aromatic carbocycles. The van der Waals surface area contributed by atoms with Gasteiger partial charge in [-0.15, -0.1) is 0 Å². The highest BCUT2D eigenvalue weighted by Gasteiger charge is 2.12. The van der Waals surface area contributed by atoms with E-state index in [2.05, 4.69) is 11.1 Å². The van der Waals surface area contributed by atoms with Crippen LogP contribution in [0, 0.1) is 11.3 Å². The Kier molecular flexibility index (Phi) is 3.02. The molecule has 0 aliphatic heterocycles. The number of benzene rings is 1. The molecule has 0 bridgehead atoms. The number of hydrogen-bond acceptors (Lipinski definition) is 5. The second kappa shape index (κ2) is 4.45. The van der Waals surface area contributed by atoms with Gasteiger partial charge in [0.1, 0.15) is 10.8 Å². The molecule has 1 heterocycles. The summed E-state index contributed by atoms with van der Waals surface area (Å²) in [6.45, 7) is 1.96. The van der Waals surface area contributed by atoms with Gasteiger partial charge in [-0.05, 0) is 36.4 Å². The number of nitrogens with zero attached hydrogens (tertiary/aromatic N) is 2. The SMILES string of the molecule is CCC(C#N)Sc1nc2cc(N)ccc2o1. The molecule has 0 aliphatic carbocycles. The van der Waals surface area contributed by atoms with Crippen molar-refractivity contribution in [2.45, 2.75) is 23.8 Å². The summed E-state index contributed by atoms with van der Waals surface area (Å²) in [5.41, 5.74) is 7.73. The average molecular weight is 233 g/mol. The van der Waals surface area contributed by atoms with Crippen LogP contribution in [0.15, 0.2) is 27.8 Å². The van der Waals surface area contributed by atoms with Crippen LogP contribution in [0.1, 0.15) is 13.3 Å². The fourth-order valence-electron chi connectivity index (χ4n) is 1.30. The maximum atomic E-state index is 8.85. The van der Waals surface area contributed by atoms with Crippen molar-refractivity contribution in [3.63, 3.8) is 0 Å². The number of nitrogen functional groups attached to an aromatic ring is 1. The van der Waals surface area contributed by atoms with Crippen molar-refractivity contribution in [1.29, 1.82) is 5.26 Å². The minimum atomic E-state index is -0.120. The smallest absolute Gasteiger partial charge is 0.258 e. The zero-order chi connectivity index (χ0) is 11.5. The third-order valence-electron chi connectivity index (χ3n) is 2.15. The van der Waals surface area contributed by atoms with Gasteiger partial charge < -0.3 is 10.2 Å². The minimum absolute atomic E-state index is 0.120. The highest BCUT2D eigenvalue weighted by atomic mass is 32.2. The summed E-state index contributed by atoms with van der Waals surface area (Å²) in [5, 5.41) is 9.25. The third-order valence-corrected chi connectivity index (χ3v) is 3.25. The van der Waals surface area contributed by atoms with Gasteiger partial charge in [-0.1, -0.05) is 6.92 Å². The lowest BCUT2D eigenvalue weighted by Crippen LogP contribution is -1.94. The van der Waals surface area contributed by atoms with Gasteiger partial charge in [-0.2, -0.15) is 5.26 Å². The van der Waals surface area contributed by atoms with E-state index in [1.54, 1.807) is 18.2 Å². The summed E-state index contributed by atoms with van der Waals surface area (Å²) in [7, 11) is 0. The lowest BCUT2D eigenvalue weighted by atomic mass is 10.3. The number of thioether (sulfide) groups is 1. The number of nitriles is 1. The maximum absolute atomic E-state index is 8.85. The molecule has 2 rings (SSSR count). The molecule has 0 aliphatic rings. The molecule has 0 saturated heterocycles. The van der Waals surface area contributed by atoms with Crippen LogP contribution >= 0.6 is 11.8 Å². The summed E-state index contributed by atoms with van der Waals surface area (Å²) in [4.78, 5) is 4.27. The lowest BCUT2D eigenvalue weighted by Gasteiger charge is -1.99. The largest absolute Gasteiger partial charge is 0.431 e. The second-order valence-corrected chi connectivity index (χ2v) is 4.50. The summed E-state index contributed by atoms with van der Waals surface area (Å²) in [5.74, 6) is 0. The Hall–Kier alpha value is -1.67. The fraction of sp³-hybridized carbons (Fsp3) is 0.273. The van der Waals surface area contributed by atoms with E-state index in [1.165, 1.54) is 11.8 Å². The van der Waals surface area contributed by atoms with E-state index >= 15 is 0 Å². The van der Waals surface area contributed by atoms with Crippen LogP contribution in [0.5, 0.6) is 0 Å². The molecular weight excluding hydrogens is 222 g/mol. The molecule has 2 N–H and O–H groups in total. The fourth-order valence-corrected chi connectivity index (χ4v) is 2.05. The summed E-state index contributed by atoms with van der Waals surface area (Å²) in [6.07, 6.45) is 0.766. The van der Waals surface area contributed by atoms with Crippen LogP contribution in [0.4, 0.5) is 5.69 Å². The van der Waals surface area contributed by atoms with Gasteiger partial charge in [-0.3, -0.25) is 0 Å². The molecule has 0 radical (unpaired) electrons. The van der Waals surface area contributed by atoms with Gasteiger partial charge in [0, 0.05) is 5.69 Å². The van der Waals surface area contributed by atoms with E-state index in [0.29, 0.717) is 16.5 Å². The minimum Gasteiger partial charge on any atom is -0.431 e. The van der Waals surface area contributed by atoms with Crippen LogP contribution in [0.3, 0.4) is 0 Å². The number of nitrogens with two attached hydrogens (primary N) is 1. The van der Waals surface area contributed by atoms with Crippen LogP contribution in [0.2, 0.25) is 0 Å². The number of hydrogen-bond donors (Lipinski definition) is 1. The van der Waals surface area contributed by atoms with E-state index < -0.39 is 0 Å². The quantitative estimate of drug-likeness (QED) is 0.651. The van der Waals surface area contributed by atoms with Gasteiger partial charge in [0.05, 0.1) is 6.07 Å². The third kappa shape index (κ3) is 2.12. The Morgan fingerprint density at radius 1 is 1.62 bits per heavy atom. The highest BCUT2D eigenvalue weighted by molar-refractivity contribution is 7.99. The zero-order valence-electron chi connectivity index (χ0n) is 8.80. The monoisotopic (exact) mass is 233 g/mol. The van der Waals surface area contributed by atoms with E-state index in [0.717, 1.165) is 11.9 Å². The standard InChI is InChI=1S/C11H11N3OS/c1-2-8(6-12)16-11-14-9-5-7(13)3-4-10(9)15-11/h3-5,8H,2,13H2,1H3. The Bertz CT molecular complexity index is 544. The molecule has 16 heavy (non-hydrogen) atoms. The van der Waals surface area contributed by atoms with E-state index in [9.17, 15) is 0 Å². The Labute approximate surface area is 97.4 Å². The van der Waals surface area contributed by atoms with Crippen LogP contribution in [-0.2, 0) is 0 Å². The molecule has 0 fully saturated rings. The summed E-state index contributed by atoms with van der Waals surface area (Å²) < 4.78 is 5.50. The number of anilines is 1. The average Bonchev–Trinajstić information content (AvgIpc) is 2.67. The molecule has 82 valence electrons. The number of fused-ring (bicyclic) bond motifs is 1. The maximum Gasteiger partial charge on any atom is 0.258 e. The van der Waals surface area contributed by atoms with Crippen molar-refractivity contribution in [3.8, 4) is 6.07 Å². The van der Waals surface area contributed by atoms with E-state index in [-0.39, 0.29) is 5.25 Å². The molecule has 2 aromatic rings. The van der Waals surface area contributed by atoms with Crippen molar-refractivity contribution in [3.05, 3.63) is 18.2 Å². The Balaban J connectivity index is 2.30. The Morgan fingerprint density at radius 2 is 2.44 bits per heavy atom. The normalized spacial score (nSPS) is 12.5. The van der Waals surface area contributed by atoms with Gasteiger partial charge in [-0.25, -0.2) is 4.98 Å². The van der Waals surface area contributed by atoms with Gasteiger partial charge in [0.2, 0.25) is 0 Å². The van der Waals surface area contributed by atoms with Crippen molar-refractivity contribution in [2.24, 2.45) is 0 Å². The zero-order valence-corrected chi connectivity index (χ0v) is 9.62. The molecule has 4 nitrogen and oxygen atoms in total. The van der Waals surface area contributed by atoms with Crippen LogP contribution in [0.25, 0.3) is 11.1 Å². The molecular formula is C11H11N3OS. The molecule has 1 aromatic heterocycles. The molecule has 0 amide bonds. The summed E-state index contributed by atoms with van der Waals surface area (Å²) in [6, 6.07) is 7.51. The van der Waals surface area contributed by atoms with Crippen molar-refractivity contribution >= 4 is 28.5 Å². The van der Waals surface area contributed by atoms with Gasteiger partial charge in [0.15, 0.2) is 5.58 Å². The predicted octanol–water partition coefficient (Wildman–Crippen LogP) is 2.80. The predicted molar refractivity (Wildman–Crippen MR) is 64.0 cm³/mol. The first-order valence-corrected chi connectivity index (χ1v) is 5.83. The van der Waals surface area contributed by atoms with Crippen molar-refractivity contribution < 1.29 is 4.42 Å². The first-order valence-electron chi connectivity index (χ1n) is 4.95. The van der Waals surface area contributed by atoms with Gasteiger partial charge in [0.25, 0.3) is 5.22 Å². The van der Waals surface area contributed by atoms with E-state index in [1.807, 2.05) is 6.92 Å². The van der Waals surface area contributed by atoms with Crippen LogP contribution in [-0.4, -0.2) is 10.2 Å². The molecule has 1 unspecified atom stereocenters. The molecule has 5 heteroatoms. The van der Waals surface area contributed by atoms with E-state index in [4.69, 9.17) is 15.4 Å². The molecule has 0 saturated carbocycles. The lowest BCUT2D eigenvalue weighted by molar-refractivity contribution is 0.488. The number of rotatable bonds is 3. The number of oxazole rings is 1.